The molecule has 0 aliphatic rings. The van der Waals surface area contributed by atoms with Crippen molar-refractivity contribution in [1.82, 2.24) is 4.73 Å². The molecule has 0 unspecified atom stereocenters. The molecule has 1 aromatic heterocycles. The minimum atomic E-state index is -0.834. The van der Waals surface area contributed by atoms with Gasteiger partial charge in [0, 0.05) is 6.20 Å². The second kappa shape index (κ2) is 2.87. The van der Waals surface area contributed by atoms with Crippen LogP contribution >= 0.6 is 0 Å². The summed E-state index contributed by atoms with van der Waals surface area (Å²) in [5.41, 5.74) is 4.87. The Labute approximate surface area is 62.4 Å². The van der Waals surface area contributed by atoms with Crippen molar-refractivity contribution < 1.29 is 10.0 Å². The SMILES string of the molecule is NC(=O)N=c1ccccn1O. The summed E-state index contributed by atoms with van der Waals surface area (Å²) in [7, 11) is 0. The van der Waals surface area contributed by atoms with E-state index in [9.17, 15) is 4.79 Å². The van der Waals surface area contributed by atoms with Crippen molar-refractivity contribution in [3.63, 3.8) is 0 Å². The quantitative estimate of drug-likeness (QED) is 0.502. The number of urea groups is 1. The third kappa shape index (κ3) is 1.82. The Balaban J connectivity index is 3.23. The fourth-order valence-electron chi connectivity index (χ4n) is 0.627. The molecule has 3 N–H and O–H groups in total. The molecule has 0 atom stereocenters. The van der Waals surface area contributed by atoms with Crippen molar-refractivity contribution >= 4 is 6.03 Å². The number of rotatable bonds is 0. The maximum atomic E-state index is 10.3. The van der Waals surface area contributed by atoms with Crippen molar-refractivity contribution in [2.45, 2.75) is 0 Å². The van der Waals surface area contributed by atoms with Gasteiger partial charge in [-0.1, -0.05) is 6.07 Å². The van der Waals surface area contributed by atoms with Gasteiger partial charge in [-0.2, -0.15) is 9.72 Å². The van der Waals surface area contributed by atoms with E-state index in [0.29, 0.717) is 4.73 Å². The molecule has 0 bridgehead atoms. The Hall–Kier alpha value is -1.78. The van der Waals surface area contributed by atoms with Crippen LogP contribution in [0, 0.1) is 0 Å². The zero-order chi connectivity index (χ0) is 8.27. The lowest BCUT2D eigenvalue weighted by atomic mass is 10.5. The second-order valence-corrected chi connectivity index (χ2v) is 1.85. The summed E-state index contributed by atoms with van der Waals surface area (Å²) in [6, 6.07) is 3.86. The Morgan fingerprint density at radius 3 is 2.91 bits per heavy atom. The van der Waals surface area contributed by atoms with Gasteiger partial charge in [0.2, 0.25) is 0 Å². The smallest absolute Gasteiger partial charge is 0.340 e. The van der Waals surface area contributed by atoms with Gasteiger partial charge in [-0.3, -0.25) is 0 Å². The third-order valence-electron chi connectivity index (χ3n) is 1.04. The van der Waals surface area contributed by atoms with Crippen LogP contribution in [0.2, 0.25) is 0 Å². The standard InChI is InChI=1S/C6H7N3O2/c7-6(10)8-5-3-1-2-4-9(5)11/h1-4,11H,(H2,7,10). The molecule has 1 heterocycles. The Bertz CT molecular complexity index is 329. The minimum Gasteiger partial charge on any atom is -0.427 e. The molecule has 5 heteroatoms. The molecule has 0 fully saturated rings. The first-order valence-corrected chi connectivity index (χ1v) is 2.91. The lowest BCUT2D eigenvalue weighted by molar-refractivity contribution is 0.171. The van der Waals surface area contributed by atoms with Crippen molar-refractivity contribution in [2.75, 3.05) is 0 Å². The summed E-state index contributed by atoms with van der Waals surface area (Å²) in [5, 5.41) is 8.97. The van der Waals surface area contributed by atoms with E-state index in [2.05, 4.69) is 4.99 Å². The third-order valence-corrected chi connectivity index (χ3v) is 1.04. The molecule has 0 spiro atoms. The van der Waals surface area contributed by atoms with Gasteiger partial charge in [0.05, 0.1) is 0 Å². The average molecular weight is 153 g/mol. The predicted molar refractivity (Wildman–Crippen MR) is 36.8 cm³/mol. The van der Waals surface area contributed by atoms with Crippen molar-refractivity contribution in [3.8, 4) is 0 Å². The Morgan fingerprint density at radius 1 is 1.64 bits per heavy atom. The largest absolute Gasteiger partial charge is 0.427 e. The van der Waals surface area contributed by atoms with Crippen LogP contribution in [0.1, 0.15) is 0 Å². The zero-order valence-electron chi connectivity index (χ0n) is 5.64. The van der Waals surface area contributed by atoms with Crippen LogP contribution in [0.3, 0.4) is 0 Å². The highest BCUT2D eigenvalue weighted by Gasteiger charge is 1.88. The number of pyridine rings is 1. The van der Waals surface area contributed by atoms with E-state index >= 15 is 0 Å². The molecule has 0 radical (unpaired) electrons. The van der Waals surface area contributed by atoms with Crippen LogP contribution < -0.4 is 11.2 Å². The zero-order valence-corrected chi connectivity index (χ0v) is 5.64. The van der Waals surface area contributed by atoms with Gasteiger partial charge in [0.25, 0.3) is 0 Å². The number of primary amides is 1. The summed E-state index contributed by atoms with van der Waals surface area (Å²) in [5.74, 6) is 0. The first-order chi connectivity index (χ1) is 5.20. The van der Waals surface area contributed by atoms with Crippen molar-refractivity contribution in [2.24, 2.45) is 10.7 Å². The molecule has 1 rings (SSSR count). The molecule has 0 saturated heterocycles. The Morgan fingerprint density at radius 2 is 2.36 bits per heavy atom. The number of amides is 2. The topological polar surface area (TPSA) is 80.6 Å². The molecule has 5 nitrogen and oxygen atoms in total. The first kappa shape index (κ1) is 7.33. The molecule has 0 aromatic carbocycles. The van der Waals surface area contributed by atoms with Crippen LogP contribution in [-0.4, -0.2) is 16.0 Å². The molecular formula is C6H7N3O2. The first-order valence-electron chi connectivity index (χ1n) is 2.91. The highest BCUT2D eigenvalue weighted by Crippen LogP contribution is 1.75. The predicted octanol–water partition coefficient (Wildman–Crippen LogP) is -0.295. The summed E-state index contributed by atoms with van der Waals surface area (Å²) in [4.78, 5) is 13.6. The van der Waals surface area contributed by atoms with E-state index in [1.807, 2.05) is 0 Å². The van der Waals surface area contributed by atoms with Gasteiger partial charge < -0.3 is 10.9 Å². The number of carbonyl (C=O) groups is 1. The fraction of sp³-hybridized carbons (Fsp3) is 0. The maximum Gasteiger partial charge on any atom is 0.340 e. The highest BCUT2D eigenvalue weighted by molar-refractivity contribution is 5.72. The van der Waals surface area contributed by atoms with Crippen molar-refractivity contribution in [1.29, 1.82) is 0 Å². The van der Waals surface area contributed by atoms with Gasteiger partial charge >= 0.3 is 6.03 Å². The number of nitrogens with zero attached hydrogens (tertiary/aromatic N) is 2. The van der Waals surface area contributed by atoms with Crippen LogP contribution in [0.4, 0.5) is 4.79 Å². The molecule has 0 aliphatic carbocycles. The molecule has 0 saturated carbocycles. The summed E-state index contributed by atoms with van der Waals surface area (Å²) < 4.78 is 0.713. The van der Waals surface area contributed by atoms with E-state index in [4.69, 9.17) is 10.9 Å². The van der Waals surface area contributed by atoms with Crippen LogP contribution in [0.15, 0.2) is 29.4 Å². The van der Waals surface area contributed by atoms with E-state index in [1.165, 1.54) is 12.3 Å². The molecule has 58 valence electrons. The summed E-state index contributed by atoms with van der Waals surface area (Å²) >= 11 is 0. The number of nitrogens with two attached hydrogens (primary N) is 1. The molecule has 1 aromatic rings. The van der Waals surface area contributed by atoms with Crippen LogP contribution in [0.25, 0.3) is 0 Å². The van der Waals surface area contributed by atoms with Gasteiger partial charge in [0.1, 0.15) is 0 Å². The maximum absolute atomic E-state index is 10.3. The van der Waals surface area contributed by atoms with Crippen LogP contribution in [-0.2, 0) is 0 Å². The monoisotopic (exact) mass is 153 g/mol. The lowest BCUT2D eigenvalue weighted by Gasteiger charge is -1.93. The number of aromatic nitrogens is 1. The Kier molecular flexibility index (Phi) is 1.91. The van der Waals surface area contributed by atoms with Gasteiger partial charge in [-0.15, -0.1) is 0 Å². The van der Waals surface area contributed by atoms with E-state index in [-0.39, 0.29) is 5.49 Å². The molecule has 0 aliphatic heterocycles. The molecule has 2 amide bonds. The van der Waals surface area contributed by atoms with Gasteiger partial charge in [-0.25, -0.2) is 4.79 Å². The molecule has 11 heavy (non-hydrogen) atoms. The number of carbonyl (C=O) groups excluding carboxylic acids is 1. The number of hydrogen-bond donors (Lipinski definition) is 2. The van der Waals surface area contributed by atoms with Crippen molar-refractivity contribution in [3.05, 3.63) is 29.9 Å². The normalized spacial score (nSPS) is 11.5. The van der Waals surface area contributed by atoms with E-state index in [1.54, 1.807) is 12.1 Å². The van der Waals surface area contributed by atoms with Gasteiger partial charge in [-0.05, 0) is 12.1 Å². The fourth-order valence-corrected chi connectivity index (χ4v) is 0.627. The van der Waals surface area contributed by atoms with E-state index < -0.39 is 6.03 Å². The van der Waals surface area contributed by atoms with Gasteiger partial charge in [0.15, 0.2) is 5.49 Å². The lowest BCUT2D eigenvalue weighted by Crippen LogP contribution is -2.21. The van der Waals surface area contributed by atoms with E-state index in [0.717, 1.165) is 0 Å². The molecular weight excluding hydrogens is 146 g/mol. The second-order valence-electron chi connectivity index (χ2n) is 1.85. The average Bonchev–Trinajstić information content (AvgIpc) is 1.93. The minimum absolute atomic E-state index is 0.111. The van der Waals surface area contributed by atoms with Crippen LogP contribution in [0.5, 0.6) is 0 Å². The summed E-state index contributed by atoms with van der Waals surface area (Å²) in [6.07, 6.45) is 1.35. The number of hydrogen-bond acceptors (Lipinski definition) is 2. The summed E-state index contributed by atoms with van der Waals surface area (Å²) in [6.45, 7) is 0. The highest BCUT2D eigenvalue weighted by atomic mass is 16.5.